The summed E-state index contributed by atoms with van der Waals surface area (Å²) in [5.74, 6) is 1.65. The molecule has 3 rings (SSSR count). The highest BCUT2D eigenvalue weighted by molar-refractivity contribution is 5.72. The normalized spacial score (nSPS) is 16.1. The van der Waals surface area contributed by atoms with E-state index in [0.29, 0.717) is 5.78 Å². The third-order valence-electron chi connectivity index (χ3n) is 3.96. The molecule has 3 heterocycles. The smallest absolute Gasteiger partial charge is 0.312 e. The molecule has 0 aliphatic carbocycles. The van der Waals surface area contributed by atoms with Gasteiger partial charge in [0.05, 0.1) is 0 Å². The van der Waals surface area contributed by atoms with Crippen molar-refractivity contribution in [2.45, 2.75) is 38.6 Å². The molecular formula is C14H21N7O. The zero-order chi connectivity index (χ0) is 15.5. The van der Waals surface area contributed by atoms with Crippen LogP contribution in [0.3, 0.4) is 0 Å². The van der Waals surface area contributed by atoms with Crippen molar-refractivity contribution in [1.82, 2.24) is 24.9 Å². The number of hydrogen-bond acceptors (Lipinski definition) is 5. The highest BCUT2D eigenvalue weighted by Crippen LogP contribution is 2.21. The van der Waals surface area contributed by atoms with Crippen LogP contribution >= 0.6 is 0 Å². The second-order valence-corrected chi connectivity index (χ2v) is 5.60. The molecule has 2 aromatic heterocycles. The first-order valence-electron chi connectivity index (χ1n) is 7.68. The highest BCUT2D eigenvalue weighted by atomic mass is 16.2. The van der Waals surface area contributed by atoms with Gasteiger partial charge in [-0.2, -0.15) is 14.6 Å². The van der Waals surface area contributed by atoms with Crippen molar-refractivity contribution in [2.24, 2.45) is 5.73 Å². The van der Waals surface area contributed by atoms with Crippen LogP contribution in [-0.4, -0.2) is 44.7 Å². The Morgan fingerprint density at radius 3 is 2.91 bits per heavy atom. The largest absolute Gasteiger partial charge is 0.356 e. The van der Waals surface area contributed by atoms with Gasteiger partial charge in [0.1, 0.15) is 12.1 Å². The van der Waals surface area contributed by atoms with Gasteiger partial charge in [0, 0.05) is 30.9 Å². The minimum absolute atomic E-state index is 0.150. The summed E-state index contributed by atoms with van der Waals surface area (Å²) in [6.07, 6.45) is 5.23. The molecule has 0 radical (unpaired) electrons. The van der Waals surface area contributed by atoms with Crippen LogP contribution in [0.5, 0.6) is 0 Å². The molecule has 22 heavy (non-hydrogen) atoms. The molecular weight excluding hydrogens is 282 g/mol. The van der Waals surface area contributed by atoms with Crippen LogP contribution in [-0.2, 0) is 6.42 Å². The van der Waals surface area contributed by atoms with Gasteiger partial charge in [0.25, 0.3) is 5.78 Å². The quantitative estimate of drug-likeness (QED) is 0.866. The summed E-state index contributed by atoms with van der Waals surface area (Å²) in [4.78, 5) is 21.9. The highest BCUT2D eigenvalue weighted by Gasteiger charge is 2.22. The number of aromatic nitrogens is 4. The molecule has 8 nitrogen and oxygen atoms in total. The van der Waals surface area contributed by atoms with E-state index < -0.39 is 6.03 Å². The number of nitrogens with one attached hydrogen (secondary N) is 1. The molecule has 8 heteroatoms. The van der Waals surface area contributed by atoms with Gasteiger partial charge in [-0.1, -0.05) is 13.3 Å². The number of piperidine rings is 1. The summed E-state index contributed by atoms with van der Waals surface area (Å²) in [6.45, 7) is 3.82. The average Bonchev–Trinajstić information content (AvgIpc) is 2.95. The number of aryl methyl sites for hydroxylation is 1. The van der Waals surface area contributed by atoms with E-state index in [0.717, 1.165) is 50.3 Å². The Hall–Kier alpha value is -2.38. The Balaban J connectivity index is 1.81. The molecule has 118 valence electrons. The molecule has 3 N–H and O–H groups in total. The second-order valence-electron chi connectivity index (χ2n) is 5.60. The molecule has 2 amide bonds. The lowest BCUT2D eigenvalue weighted by molar-refractivity contribution is 0.242. The predicted molar refractivity (Wildman–Crippen MR) is 82.7 cm³/mol. The first-order chi connectivity index (χ1) is 10.7. The third kappa shape index (κ3) is 2.95. The summed E-state index contributed by atoms with van der Waals surface area (Å²) in [7, 11) is 0. The van der Waals surface area contributed by atoms with Crippen molar-refractivity contribution in [2.75, 3.05) is 18.0 Å². The van der Waals surface area contributed by atoms with E-state index in [1.807, 2.05) is 0 Å². The molecule has 1 aliphatic rings. The number of carbonyl (C=O) groups is 1. The maximum atomic E-state index is 10.9. The summed E-state index contributed by atoms with van der Waals surface area (Å²) in [5.41, 5.74) is 6.23. The Labute approximate surface area is 128 Å². The molecule has 1 saturated heterocycles. The number of anilines is 1. The summed E-state index contributed by atoms with van der Waals surface area (Å²) >= 11 is 0. The molecule has 0 bridgehead atoms. The topological polar surface area (TPSA) is 101 Å². The van der Waals surface area contributed by atoms with Gasteiger partial charge < -0.3 is 16.0 Å². The average molecular weight is 303 g/mol. The van der Waals surface area contributed by atoms with Crippen LogP contribution in [0.4, 0.5) is 10.6 Å². The van der Waals surface area contributed by atoms with E-state index in [4.69, 9.17) is 5.73 Å². The number of nitrogens with zero attached hydrogens (tertiary/aromatic N) is 5. The van der Waals surface area contributed by atoms with Gasteiger partial charge in [-0.3, -0.25) is 0 Å². The van der Waals surface area contributed by atoms with Crippen molar-refractivity contribution in [3.05, 3.63) is 18.1 Å². The number of hydrogen-bond donors (Lipinski definition) is 2. The zero-order valence-corrected chi connectivity index (χ0v) is 12.7. The van der Waals surface area contributed by atoms with Gasteiger partial charge in [0.15, 0.2) is 0 Å². The van der Waals surface area contributed by atoms with E-state index in [1.54, 1.807) is 4.52 Å². The second kappa shape index (κ2) is 6.17. The number of primary amides is 1. The fraction of sp³-hybridized carbons (Fsp3) is 0.571. The maximum absolute atomic E-state index is 10.9. The van der Waals surface area contributed by atoms with Gasteiger partial charge in [-0.05, 0) is 19.3 Å². The minimum atomic E-state index is -0.453. The van der Waals surface area contributed by atoms with Crippen LogP contribution in [0.25, 0.3) is 5.78 Å². The van der Waals surface area contributed by atoms with Crippen molar-refractivity contribution in [3.63, 3.8) is 0 Å². The molecule has 0 saturated carbocycles. The van der Waals surface area contributed by atoms with Crippen molar-refractivity contribution >= 4 is 17.6 Å². The maximum Gasteiger partial charge on any atom is 0.312 e. The standard InChI is InChI=1S/C14H21N7O/c1-2-3-11-8-12(21-14(19-11)16-9-17-21)20-6-4-10(5-7-20)18-13(15)22/h8-10H,2-7H2,1H3,(H3,15,18,22). The van der Waals surface area contributed by atoms with E-state index >= 15 is 0 Å². The Kier molecular flexibility index (Phi) is 4.08. The minimum Gasteiger partial charge on any atom is -0.356 e. The number of fused-ring (bicyclic) bond motifs is 1. The molecule has 0 atom stereocenters. The van der Waals surface area contributed by atoms with Crippen LogP contribution in [0.15, 0.2) is 12.4 Å². The summed E-state index contributed by atoms with van der Waals surface area (Å²) in [6, 6.07) is 1.79. The third-order valence-corrected chi connectivity index (χ3v) is 3.96. The van der Waals surface area contributed by atoms with Crippen molar-refractivity contribution < 1.29 is 4.79 Å². The molecule has 2 aromatic rings. The first-order valence-corrected chi connectivity index (χ1v) is 7.68. The Bertz CT molecular complexity index is 660. The SMILES string of the molecule is CCCc1cc(N2CCC(NC(N)=O)CC2)n2ncnc2n1. The monoisotopic (exact) mass is 303 g/mol. The fourth-order valence-electron chi connectivity index (χ4n) is 2.91. The zero-order valence-electron chi connectivity index (χ0n) is 12.7. The van der Waals surface area contributed by atoms with Crippen LogP contribution in [0.2, 0.25) is 0 Å². The fourth-order valence-corrected chi connectivity index (χ4v) is 2.91. The van der Waals surface area contributed by atoms with E-state index in [9.17, 15) is 4.79 Å². The molecule has 0 unspecified atom stereocenters. The van der Waals surface area contributed by atoms with Gasteiger partial charge in [-0.15, -0.1) is 0 Å². The van der Waals surface area contributed by atoms with Crippen LogP contribution in [0.1, 0.15) is 31.9 Å². The summed E-state index contributed by atoms with van der Waals surface area (Å²) in [5, 5.41) is 7.06. The van der Waals surface area contributed by atoms with Gasteiger partial charge >= 0.3 is 6.03 Å². The summed E-state index contributed by atoms with van der Waals surface area (Å²) < 4.78 is 1.78. The van der Waals surface area contributed by atoms with Crippen LogP contribution in [0, 0.1) is 0 Å². The van der Waals surface area contributed by atoms with E-state index in [2.05, 4.69) is 38.3 Å². The Morgan fingerprint density at radius 1 is 1.45 bits per heavy atom. The molecule has 0 aromatic carbocycles. The van der Waals surface area contributed by atoms with Crippen LogP contribution < -0.4 is 16.0 Å². The lowest BCUT2D eigenvalue weighted by atomic mass is 10.1. The van der Waals surface area contributed by atoms with E-state index in [1.165, 1.54) is 6.33 Å². The van der Waals surface area contributed by atoms with Gasteiger partial charge in [-0.25, -0.2) is 9.78 Å². The van der Waals surface area contributed by atoms with Gasteiger partial charge in [0.2, 0.25) is 0 Å². The molecule has 1 aliphatic heterocycles. The predicted octanol–water partition coefficient (Wildman–Crippen LogP) is 0.714. The number of urea groups is 1. The number of rotatable bonds is 4. The first kappa shape index (κ1) is 14.6. The van der Waals surface area contributed by atoms with E-state index in [-0.39, 0.29) is 6.04 Å². The molecule has 1 fully saturated rings. The lowest BCUT2D eigenvalue weighted by Gasteiger charge is -2.33. The van der Waals surface area contributed by atoms with Crippen molar-refractivity contribution in [1.29, 1.82) is 0 Å². The number of carbonyl (C=O) groups excluding carboxylic acids is 1. The lowest BCUT2D eigenvalue weighted by Crippen LogP contribution is -2.46. The molecule has 0 spiro atoms. The number of nitrogens with two attached hydrogens (primary N) is 1. The van der Waals surface area contributed by atoms with Crippen molar-refractivity contribution in [3.8, 4) is 0 Å². The number of amides is 2. The Morgan fingerprint density at radius 2 is 2.23 bits per heavy atom.